The van der Waals surface area contributed by atoms with Gasteiger partial charge in [-0.2, -0.15) is 4.40 Å². The highest BCUT2D eigenvalue weighted by molar-refractivity contribution is 7.90. The predicted molar refractivity (Wildman–Crippen MR) is 126 cm³/mol. The first-order valence-electron chi connectivity index (χ1n) is 12.7. The highest BCUT2D eigenvalue weighted by atomic mass is 32.2. The maximum atomic E-state index is 13.5. The molecule has 0 aromatic rings. The van der Waals surface area contributed by atoms with E-state index in [4.69, 9.17) is 0 Å². The SMILES string of the molecule is C[C@@H]1CCC[C@H](C)N1/C(CC1CCCCC1)=N/S(=O)(=O)C[C@@]12CCC(CC1=O)C2(C)C. The lowest BCUT2D eigenvalue weighted by Crippen LogP contribution is -2.49. The molecule has 3 saturated carbocycles. The molecule has 0 aromatic heterocycles. The van der Waals surface area contributed by atoms with Crippen LogP contribution in [0.5, 0.6) is 0 Å². The molecule has 0 amide bonds. The summed E-state index contributed by atoms with van der Waals surface area (Å²) in [6.45, 7) is 8.63. The van der Waals surface area contributed by atoms with E-state index >= 15 is 0 Å². The number of nitrogens with zero attached hydrogens (tertiary/aromatic N) is 2. The third kappa shape index (κ3) is 4.22. The van der Waals surface area contributed by atoms with Gasteiger partial charge in [0.1, 0.15) is 11.6 Å². The summed E-state index contributed by atoms with van der Waals surface area (Å²) in [6, 6.07) is 0.639. The maximum absolute atomic E-state index is 13.5. The van der Waals surface area contributed by atoms with Gasteiger partial charge in [-0.15, -0.1) is 0 Å². The van der Waals surface area contributed by atoms with Crippen molar-refractivity contribution in [3.63, 3.8) is 0 Å². The van der Waals surface area contributed by atoms with Crippen LogP contribution in [0.25, 0.3) is 0 Å². The second-order valence-corrected chi connectivity index (χ2v) is 13.3. The standard InChI is InChI=1S/C25H42N2O3S/c1-18-9-8-10-19(2)27(18)23(15-20-11-6-5-7-12-20)26-31(29,30)17-25-14-13-21(16-22(25)28)24(25,3)4/h18-21H,5-17H2,1-4H3/b26-23+/t18-,19+,21?,25-/m0/s1. The fourth-order valence-corrected chi connectivity index (χ4v) is 9.24. The summed E-state index contributed by atoms with van der Waals surface area (Å²) in [5, 5.41) is 0. The van der Waals surface area contributed by atoms with Crippen LogP contribution in [0.15, 0.2) is 4.40 Å². The van der Waals surface area contributed by atoms with Crippen LogP contribution in [-0.2, 0) is 14.8 Å². The van der Waals surface area contributed by atoms with Crippen molar-refractivity contribution in [2.75, 3.05) is 5.75 Å². The molecule has 6 heteroatoms. The van der Waals surface area contributed by atoms with E-state index in [-0.39, 0.29) is 17.0 Å². The number of hydrogen-bond donors (Lipinski definition) is 0. The van der Waals surface area contributed by atoms with Crippen LogP contribution in [0.1, 0.15) is 105 Å². The molecule has 0 N–H and O–H groups in total. The van der Waals surface area contributed by atoms with Gasteiger partial charge in [0, 0.05) is 24.9 Å². The first kappa shape index (κ1) is 23.3. The van der Waals surface area contributed by atoms with E-state index in [1.807, 2.05) is 0 Å². The largest absolute Gasteiger partial charge is 0.354 e. The zero-order valence-corrected chi connectivity index (χ0v) is 20.8. The van der Waals surface area contributed by atoms with E-state index in [2.05, 4.69) is 37.0 Å². The van der Waals surface area contributed by atoms with Gasteiger partial charge in [0.05, 0.1) is 11.2 Å². The Hall–Kier alpha value is -0.910. The van der Waals surface area contributed by atoms with Gasteiger partial charge in [-0.3, -0.25) is 4.79 Å². The summed E-state index contributed by atoms with van der Waals surface area (Å²) in [4.78, 5) is 15.2. The van der Waals surface area contributed by atoms with Crippen LogP contribution in [0.3, 0.4) is 0 Å². The summed E-state index contributed by atoms with van der Waals surface area (Å²) >= 11 is 0. The number of ketones is 1. The molecule has 3 aliphatic carbocycles. The van der Waals surface area contributed by atoms with Gasteiger partial charge in [0.15, 0.2) is 0 Å². The lowest BCUT2D eigenvalue weighted by molar-refractivity contribution is -0.128. The van der Waals surface area contributed by atoms with Gasteiger partial charge in [-0.25, -0.2) is 8.42 Å². The zero-order valence-electron chi connectivity index (χ0n) is 20.0. The molecule has 31 heavy (non-hydrogen) atoms. The van der Waals surface area contributed by atoms with E-state index in [1.54, 1.807) is 0 Å². The minimum absolute atomic E-state index is 0.104. The Labute approximate surface area is 189 Å². The molecule has 4 aliphatic rings. The van der Waals surface area contributed by atoms with Crippen molar-refractivity contribution in [2.24, 2.45) is 27.1 Å². The van der Waals surface area contributed by atoms with Crippen molar-refractivity contribution in [1.29, 1.82) is 0 Å². The fraction of sp³-hybridized carbons (Fsp3) is 0.920. The van der Waals surface area contributed by atoms with Crippen molar-refractivity contribution in [3.05, 3.63) is 0 Å². The Morgan fingerprint density at radius 2 is 1.65 bits per heavy atom. The molecular weight excluding hydrogens is 408 g/mol. The Morgan fingerprint density at radius 3 is 2.19 bits per heavy atom. The van der Waals surface area contributed by atoms with Crippen LogP contribution in [0, 0.1) is 22.7 Å². The van der Waals surface area contributed by atoms with Gasteiger partial charge < -0.3 is 4.90 Å². The Kier molecular flexibility index (Phi) is 6.35. The normalized spacial score (nSPS) is 36.9. The number of fused-ring (bicyclic) bond motifs is 2. The smallest absolute Gasteiger partial charge is 0.255 e. The molecule has 1 heterocycles. The minimum atomic E-state index is -3.73. The lowest BCUT2D eigenvalue weighted by Gasteiger charge is -2.42. The molecule has 0 aromatic carbocycles. The molecule has 4 atom stereocenters. The van der Waals surface area contributed by atoms with Gasteiger partial charge in [0.2, 0.25) is 0 Å². The second kappa shape index (κ2) is 8.46. The zero-order chi connectivity index (χ0) is 22.4. The molecule has 1 aliphatic heterocycles. The predicted octanol–water partition coefficient (Wildman–Crippen LogP) is 5.34. The Balaban J connectivity index is 1.64. The summed E-state index contributed by atoms with van der Waals surface area (Å²) in [5.41, 5.74) is -0.989. The van der Waals surface area contributed by atoms with Gasteiger partial charge >= 0.3 is 0 Å². The highest BCUT2D eigenvalue weighted by Crippen LogP contribution is 2.64. The van der Waals surface area contributed by atoms with Crippen LogP contribution >= 0.6 is 0 Å². The number of hydrogen-bond acceptors (Lipinski definition) is 3. The number of likely N-dealkylation sites (tertiary alicyclic amines) is 1. The van der Waals surface area contributed by atoms with Crippen LogP contribution in [0.4, 0.5) is 0 Å². The molecule has 1 saturated heterocycles. The monoisotopic (exact) mass is 450 g/mol. The quantitative estimate of drug-likeness (QED) is 0.419. The van der Waals surface area contributed by atoms with Crippen molar-refractivity contribution >= 4 is 21.6 Å². The third-order valence-corrected chi connectivity index (χ3v) is 10.8. The van der Waals surface area contributed by atoms with Gasteiger partial charge in [0.25, 0.3) is 10.0 Å². The molecule has 4 rings (SSSR count). The van der Waals surface area contributed by atoms with E-state index in [9.17, 15) is 13.2 Å². The van der Waals surface area contributed by atoms with Crippen molar-refractivity contribution in [1.82, 2.24) is 4.90 Å². The number of amidine groups is 1. The average molecular weight is 451 g/mol. The molecule has 1 unspecified atom stereocenters. The number of rotatable bonds is 5. The van der Waals surface area contributed by atoms with E-state index in [1.165, 1.54) is 38.5 Å². The van der Waals surface area contributed by atoms with E-state index < -0.39 is 15.4 Å². The van der Waals surface area contributed by atoms with Crippen molar-refractivity contribution < 1.29 is 13.2 Å². The molecule has 5 nitrogen and oxygen atoms in total. The number of carbonyl (C=O) groups is 1. The average Bonchev–Trinajstić information content (AvgIpc) is 3.02. The van der Waals surface area contributed by atoms with Gasteiger partial charge in [-0.05, 0) is 63.2 Å². The first-order valence-corrected chi connectivity index (χ1v) is 14.3. The Bertz CT molecular complexity index is 818. The maximum Gasteiger partial charge on any atom is 0.255 e. The summed E-state index contributed by atoms with van der Waals surface area (Å²) in [5.74, 6) is 1.68. The van der Waals surface area contributed by atoms with Crippen LogP contribution in [0.2, 0.25) is 0 Å². The minimum Gasteiger partial charge on any atom is -0.354 e. The van der Waals surface area contributed by atoms with E-state index in [0.717, 1.165) is 31.5 Å². The van der Waals surface area contributed by atoms with Gasteiger partial charge in [-0.1, -0.05) is 46.0 Å². The van der Waals surface area contributed by atoms with Crippen LogP contribution in [-0.4, -0.2) is 42.8 Å². The first-order chi connectivity index (χ1) is 14.6. The molecule has 4 fully saturated rings. The molecule has 2 bridgehead atoms. The molecule has 0 radical (unpaired) electrons. The summed E-state index contributed by atoms with van der Waals surface area (Å²) < 4.78 is 31.7. The number of carbonyl (C=O) groups excluding carboxylic acids is 1. The fourth-order valence-electron chi connectivity index (χ4n) is 7.38. The lowest BCUT2D eigenvalue weighted by atomic mass is 9.70. The molecule has 176 valence electrons. The highest BCUT2D eigenvalue weighted by Gasteiger charge is 2.65. The topological polar surface area (TPSA) is 66.8 Å². The Morgan fingerprint density at radius 1 is 1.00 bits per heavy atom. The number of piperidine rings is 1. The van der Waals surface area contributed by atoms with E-state index in [0.29, 0.717) is 36.8 Å². The summed E-state index contributed by atoms with van der Waals surface area (Å²) in [7, 11) is -3.73. The molecular formula is C25H42N2O3S. The summed E-state index contributed by atoms with van der Waals surface area (Å²) in [6.07, 6.45) is 12.5. The van der Waals surface area contributed by atoms with Crippen LogP contribution < -0.4 is 0 Å². The third-order valence-electron chi connectivity index (χ3n) is 9.50. The number of sulfonamides is 1. The molecule has 0 spiro atoms. The van der Waals surface area contributed by atoms with Crippen molar-refractivity contribution in [2.45, 2.75) is 117 Å². The van der Waals surface area contributed by atoms with Crippen molar-refractivity contribution in [3.8, 4) is 0 Å². The second-order valence-electron chi connectivity index (χ2n) is 11.6. The number of Topliss-reactive ketones (excluding diaryl/α,β-unsaturated/α-hetero) is 1.